The lowest BCUT2D eigenvalue weighted by Crippen LogP contribution is -2.11. The minimum Gasteiger partial charge on any atom is -0.455 e. The predicted octanol–water partition coefficient (Wildman–Crippen LogP) is 14.6. The first-order chi connectivity index (χ1) is 27.3. The lowest BCUT2D eigenvalue weighted by Gasteiger charge is -2.28. The van der Waals surface area contributed by atoms with Crippen molar-refractivity contribution in [3.63, 3.8) is 0 Å². The summed E-state index contributed by atoms with van der Waals surface area (Å²) in [7, 11) is 0. The minimum absolute atomic E-state index is 0.908. The van der Waals surface area contributed by atoms with E-state index in [9.17, 15) is 0 Å². The zero-order valence-corrected chi connectivity index (χ0v) is 29.9. The second kappa shape index (κ2) is 12.6. The van der Waals surface area contributed by atoms with E-state index >= 15 is 0 Å². The van der Waals surface area contributed by atoms with Gasteiger partial charge in [-0.05, 0) is 88.3 Å². The molecule has 0 aliphatic rings. The van der Waals surface area contributed by atoms with Gasteiger partial charge in [-0.1, -0.05) is 146 Å². The van der Waals surface area contributed by atoms with Crippen LogP contribution in [0.4, 0.5) is 17.1 Å². The predicted molar refractivity (Wildman–Crippen MR) is 231 cm³/mol. The van der Waals surface area contributed by atoms with E-state index in [0.29, 0.717) is 0 Å². The molecule has 0 N–H and O–H groups in total. The van der Waals surface area contributed by atoms with Crippen molar-refractivity contribution in [3.8, 4) is 27.9 Å². The van der Waals surface area contributed by atoms with Crippen LogP contribution < -0.4 is 4.90 Å². The van der Waals surface area contributed by atoms with Gasteiger partial charge < -0.3 is 13.9 Å². The second-order valence-electron chi connectivity index (χ2n) is 14.1. The van der Waals surface area contributed by atoms with Gasteiger partial charge in [0.2, 0.25) is 0 Å². The van der Waals surface area contributed by atoms with Crippen LogP contribution in [0.15, 0.2) is 211 Å². The maximum Gasteiger partial charge on any atom is 0.143 e. The van der Waals surface area contributed by atoms with Crippen molar-refractivity contribution >= 4 is 71.6 Å². The molecule has 0 saturated carbocycles. The van der Waals surface area contributed by atoms with Gasteiger partial charge in [0.25, 0.3) is 0 Å². The van der Waals surface area contributed by atoms with Crippen LogP contribution in [0.3, 0.4) is 0 Å². The summed E-state index contributed by atoms with van der Waals surface area (Å²) in [5.41, 5.74) is 13.3. The molecule has 2 heterocycles. The fraction of sp³-hybridized carbons (Fsp3) is 0. The van der Waals surface area contributed by atoms with E-state index in [1.807, 2.05) is 6.07 Å². The molecule has 55 heavy (non-hydrogen) atoms. The monoisotopic (exact) mass is 702 g/mol. The third-order valence-electron chi connectivity index (χ3n) is 11.0. The zero-order chi connectivity index (χ0) is 36.3. The van der Waals surface area contributed by atoms with Crippen LogP contribution in [-0.4, -0.2) is 4.57 Å². The summed E-state index contributed by atoms with van der Waals surface area (Å²) >= 11 is 0. The maximum absolute atomic E-state index is 6.44. The smallest absolute Gasteiger partial charge is 0.143 e. The molecule has 2 aromatic heterocycles. The molecule has 0 aliphatic heterocycles. The van der Waals surface area contributed by atoms with Crippen LogP contribution in [0.2, 0.25) is 0 Å². The van der Waals surface area contributed by atoms with Crippen molar-refractivity contribution in [2.75, 3.05) is 4.90 Å². The highest BCUT2D eigenvalue weighted by molar-refractivity contribution is 6.19. The average molecular weight is 703 g/mol. The highest BCUT2D eigenvalue weighted by atomic mass is 16.3. The van der Waals surface area contributed by atoms with E-state index in [-0.39, 0.29) is 0 Å². The van der Waals surface area contributed by atoms with Gasteiger partial charge >= 0.3 is 0 Å². The Morgan fingerprint density at radius 3 is 1.84 bits per heavy atom. The van der Waals surface area contributed by atoms with Crippen LogP contribution in [0, 0.1) is 0 Å². The normalized spacial score (nSPS) is 11.6. The van der Waals surface area contributed by atoms with E-state index in [1.54, 1.807) is 0 Å². The number of fused-ring (bicyclic) bond motifs is 8. The first-order valence-corrected chi connectivity index (χ1v) is 18.8. The highest BCUT2D eigenvalue weighted by Gasteiger charge is 2.22. The number of hydrogen-bond donors (Lipinski definition) is 0. The Labute approximate surface area is 318 Å². The molecule has 0 fully saturated rings. The molecule has 0 aliphatic carbocycles. The Hall–Kier alpha value is -7.36. The van der Waals surface area contributed by atoms with Gasteiger partial charge in [-0.25, -0.2) is 0 Å². The molecule has 11 aromatic rings. The molecule has 258 valence electrons. The standard InChI is InChI=1S/C52H34N2O/c1-3-15-35(16-4-1)37-17-13-20-40(33-37)53(49-27-14-25-44-42-22-9-11-26-48(42)54(51(44)49)38-18-5-2-6-19-38)39-31-29-36(30-32-39)46-34-47-43-23-10-12-28-50(43)55-52(47)45-24-8-7-21-41(45)46/h1-34H. The molecule has 0 unspecified atom stereocenters. The van der Waals surface area contributed by atoms with E-state index in [1.165, 1.54) is 38.4 Å². The fourth-order valence-electron chi connectivity index (χ4n) is 8.48. The van der Waals surface area contributed by atoms with Crippen molar-refractivity contribution < 1.29 is 4.42 Å². The fourth-order valence-corrected chi connectivity index (χ4v) is 8.48. The zero-order valence-electron chi connectivity index (χ0n) is 29.9. The Morgan fingerprint density at radius 2 is 1.02 bits per heavy atom. The number of aromatic nitrogens is 1. The van der Waals surface area contributed by atoms with Gasteiger partial charge in [-0.15, -0.1) is 0 Å². The molecule has 11 rings (SSSR count). The van der Waals surface area contributed by atoms with Gasteiger partial charge in [-0.2, -0.15) is 0 Å². The summed E-state index contributed by atoms with van der Waals surface area (Å²) in [5.74, 6) is 0. The van der Waals surface area contributed by atoms with E-state index in [2.05, 4.69) is 210 Å². The topological polar surface area (TPSA) is 21.3 Å². The lowest BCUT2D eigenvalue weighted by molar-refractivity contribution is 0.672. The van der Waals surface area contributed by atoms with Gasteiger partial charge in [0.1, 0.15) is 11.2 Å². The van der Waals surface area contributed by atoms with Gasteiger partial charge in [0.05, 0.1) is 16.7 Å². The van der Waals surface area contributed by atoms with E-state index < -0.39 is 0 Å². The van der Waals surface area contributed by atoms with Crippen LogP contribution in [0.1, 0.15) is 0 Å². The molecule has 9 aromatic carbocycles. The Morgan fingerprint density at radius 1 is 0.382 bits per heavy atom. The summed E-state index contributed by atoms with van der Waals surface area (Å²) < 4.78 is 8.85. The molecule has 0 saturated heterocycles. The number of furan rings is 1. The number of rotatable bonds is 6. The molecule has 0 amide bonds. The van der Waals surface area contributed by atoms with E-state index in [4.69, 9.17) is 4.42 Å². The molecule has 0 bridgehead atoms. The summed E-state index contributed by atoms with van der Waals surface area (Å²) in [4.78, 5) is 2.42. The molecule has 0 radical (unpaired) electrons. The number of para-hydroxylation sites is 4. The van der Waals surface area contributed by atoms with Crippen molar-refractivity contribution in [1.82, 2.24) is 4.57 Å². The van der Waals surface area contributed by atoms with Crippen molar-refractivity contribution in [2.45, 2.75) is 0 Å². The van der Waals surface area contributed by atoms with Crippen LogP contribution in [0.5, 0.6) is 0 Å². The summed E-state index contributed by atoms with van der Waals surface area (Å²) in [5, 5.41) is 7.00. The van der Waals surface area contributed by atoms with Crippen LogP contribution in [0.25, 0.3) is 82.5 Å². The summed E-state index contributed by atoms with van der Waals surface area (Å²) in [6.07, 6.45) is 0. The average Bonchev–Trinajstić information content (AvgIpc) is 3.81. The first kappa shape index (κ1) is 31.2. The molecular weight excluding hydrogens is 669 g/mol. The van der Waals surface area contributed by atoms with Gasteiger partial charge in [0, 0.05) is 44.0 Å². The largest absolute Gasteiger partial charge is 0.455 e. The molecule has 3 nitrogen and oxygen atoms in total. The highest BCUT2D eigenvalue weighted by Crippen LogP contribution is 2.45. The van der Waals surface area contributed by atoms with E-state index in [0.717, 1.165) is 61.2 Å². The molecule has 3 heteroatoms. The van der Waals surface area contributed by atoms with Crippen molar-refractivity contribution in [3.05, 3.63) is 206 Å². The van der Waals surface area contributed by atoms with Crippen LogP contribution >= 0.6 is 0 Å². The SMILES string of the molecule is c1ccc(-c2cccc(N(c3ccc(-c4cc5c6ccccc6oc5c5ccccc45)cc3)c3cccc4c5ccccc5n(-c5ccccc5)c34)c2)cc1. The molecular formula is C52H34N2O. The summed E-state index contributed by atoms with van der Waals surface area (Å²) in [6.45, 7) is 0. The minimum atomic E-state index is 0.908. The number of benzene rings is 9. The second-order valence-corrected chi connectivity index (χ2v) is 14.1. The van der Waals surface area contributed by atoms with Crippen molar-refractivity contribution in [1.29, 1.82) is 0 Å². The number of anilines is 3. The van der Waals surface area contributed by atoms with Gasteiger partial charge in [-0.3, -0.25) is 0 Å². The third kappa shape index (κ3) is 5.05. The number of nitrogens with zero attached hydrogens (tertiary/aromatic N) is 2. The first-order valence-electron chi connectivity index (χ1n) is 18.8. The summed E-state index contributed by atoms with van der Waals surface area (Å²) in [6, 6.07) is 74.0. The molecule has 0 spiro atoms. The lowest BCUT2D eigenvalue weighted by atomic mass is 9.95. The van der Waals surface area contributed by atoms with Crippen LogP contribution in [-0.2, 0) is 0 Å². The van der Waals surface area contributed by atoms with Crippen molar-refractivity contribution in [2.24, 2.45) is 0 Å². The quantitative estimate of drug-likeness (QED) is 0.172. The number of hydrogen-bond acceptors (Lipinski definition) is 2. The Bertz CT molecular complexity index is 3190. The Kier molecular flexibility index (Phi) is 7.17. The molecule has 0 atom stereocenters. The maximum atomic E-state index is 6.44. The third-order valence-corrected chi connectivity index (χ3v) is 11.0. The Balaban J connectivity index is 1.15. The van der Waals surface area contributed by atoms with Gasteiger partial charge in [0.15, 0.2) is 0 Å².